The summed E-state index contributed by atoms with van der Waals surface area (Å²) in [6.45, 7) is 4.07. The van der Waals surface area contributed by atoms with E-state index in [1.807, 2.05) is 41.2 Å². The molecular formula is C19H20N4O3. The number of aromatic amines is 1. The topological polar surface area (TPSA) is 89.0 Å². The van der Waals surface area contributed by atoms with Crippen LogP contribution >= 0.6 is 0 Å². The minimum absolute atomic E-state index is 0.308. The molecule has 2 aromatic heterocycles. The van der Waals surface area contributed by atoms with Gasteiger partial charge in [0.2, 0.25) is 0 Å². The molecule has 0 aliphatic heterocycles. The Balaban J connectivity index is 1.79. The number of amides is 1. The van der Waals surface area contributed by atoms with Crippen molar-refractivity contribution >= 4 is 17.6 Å². The van der Waals surface area contributed by atoms with Crippen LogP contribution in [0.2, 0.25) is 0 Å². The van der Waals surface area contributed by atoms with Crippen LogP contribution in [0.15, 0.2) is 42.7 Å². The number of benzene rings is 1. The molecule has 0 atom stereocenters. The Morgan fingerprint density at radius 2 is 2.08 bits per heavy atom. The number of nitrogens with one attached hydrogen (secondary N) is 2. The predicted molar refractivity (Wildman–Crippen MR) is 97.3 cm³/mol. The number of ether oxygens (including phenoxy) is 1. The van der Waals surface area contributed by atoms with Crippen LogP contribution in [0.3, 0.4) is 0 Å². The normalized spacial score (nSPS) is 10.6. The minimum atomic E-state index is -0.462. The minimum Gasteiger partial charge on any atom is -0.465 e. The zero-order valence-corrected chi connectivity index (χ0v) is 14.9. The third kappa shape index (κ3) is 3.51. The average Bonchev–Trinajstić information content (AvgIpc) is 3.22. The van der Waals surface area contributed by atoms with Crippen molar-refractivity contribution in [2.75, 3.05) is 12.4 Å². The zero-order valence-electron chi connectivity index (χ0n) is 14.9. The number of nitrogens with zero attached hydrogens (tertiary/aromatic N) is 2. The molecule has 0 bridgehead atoms. The number of carbonyl (C=O) groups excluding carboxylic acids is 2. The van der Waals surface area contributed by atoms with Crippen LogP contribution in [0.25, 0.3) is 0 Å². The summed E-state index contributed by atoms with van der Waals surface area (Å²) in [4.78, 5) is 27.5. The third-order valence-corrected chi connectivity index (χ3v) is 4.14. The lowest BCUT2D eigenvalue weighted by molar-refractivity contribution is 0.0599. The van der Waals surface area contributed by atoms with Gasteiger partial charge in [-0.15, -0.1) is 0 Å². The van der Waals surface area contributed by atoms with Crippen LogP contribution in [0.1, 0.15) is 37.7 Å². The van der Waals surface area contributed by atoms with E-state index in [4.69, 9.17) is 4.74 Å². The maximum Gasteiger partial charge on any atom is 0.339 e. The Morgan fingerprint density at radius 3 is 2.77 bits per heavy atom. The molecule has 0 spiro atoms. The molecule has 2 heterocycles. The quantitative estimate of drug-likeness (QED) is 0.691. The van der Waals surface area contributed by atoms with Crippen LogP contribution in [0.4, 0.5) is 5.69 Å². The maximum atomic E-state index is 12.6. The molecule has 7 nitrogen and oxygen atoms in total. The zero-order chi connectivity index (χ0) is 18.7. The number of carbonyl (C=O) groups is 2. The van der Waals surface area contributed by atoms with E-state index in [-0.39, 0.29) is 5.91 Å². The van der Waals surface area contributed by atoms with E-state index in [1.165, 1.54) is 7.11 Å². The van der Waals surface area contributed by atoms with Crippen LogP contribution in [-0.2, 0) is 11.3 Å². The molecule has 0 unspecified atom stereocenters. The van der Waals surface area contributed by atoms with Gasteiger partial charge in [0, 0.05) is 23.8 Å². The molecule has 0 aliphatic carbocycles. The Morgan fingerprint density at radius 1 is 1.27 bits per heavy atom. The molecule has 0 saturated heterocycles. The lowest BCUT2D eigenvalue weighted by Crippen LogP contribution is -2.14. The van der Waals surface area contributed by atoms with Gasteiger partial charge in [0.25, 0.3) is 5.91 Å². The molecule has 0 fully saturated rings. The van der Waals surface area contributed by atoms with Gasteiger partial charge in [0.1, 0.15) is 5.69 Å². The monoisotopic (exact) mass is 352 g/mol. The number of methoxy groups -OCH3 is 1. The van der Waals surface area contributed by atoms with E-state index in [9.17, 15) is 9.59 Å². The second-order valence-corrected chi connectivity index (χ2v) is 5.97. The predicted octanol–water partition coefficient (Wildman–Crippen LogP) is 2.92. The average molecular weight is 352 g/mol. The molecule has 0 aliphatic rings. The first kappa shape index (κ1) is 17.5. The number of rotatable bonds is 5. The van der Waals surface area contributed by atoms with Gasteiger partial charge in [-0.1, -0.05) is 12.1 Å². The molecule has 3 rings (SSSR count). The lowest BCUT2D eigenvalue weighted by Gasteiger charge is -2.08. The van der Waals surface area contributed by atoms with E-state index >= 15 is 0 Å². The van der Waals surface area contributed by atoms with Crippen molar-refractivity contribution in [3.63, 3.8) is 0 Å². The molecule has 0 radical (unpaired) electrons. The van der Waals surface area contributed by atoms with Crippen molar-refractivity contribution in [3.05, 3.63) is 70.8 Å². The number of anilines is 1. The first-order valence-corrected chi connectivity index (χ1v) is 8.14. The Kier molecular flexibility index (Phi) is 4.88. The summed E-state index contributed by atoms with van der Waals surface area (Å²) in [7, 11) is 1.32. The van der Waals surface area contributed by atoms with Crippen LogP contribution < -0.4 is 5.32 Å². The van der Waals surface area contributed by atoms with Crippen molar-refractivity contribution in [1.82, 2.24) is 14.8 Å². The smallest absolute Gasteiger partial charge is 0.339 e. The molecule has 1 amide bonds. The second-order valence-electron chi connectivity index (χ2n) is 5.97. The number of aryl methyl sites for hydroxylation is 1. The molecule has 1 aromatic carbocycles. The van der Waals surface area contributed by atoms with Gasteiger partial charge < -0.3 is 15.0 Å². The molecule has 134 valence electrons. The second kappa shape index (κ2) is 7.26. The number of hydrogen-bond donors (Lipinski definition) is 2. The van der Waals surface area contributed by atoms with Crippen LogP contribution in [0, 0.1) is 13.8 Å². The summed E-state index contributed by atoms with van der Waals surface area (Å²) >= 11 is 0. The fourth-order valence-electron chi connectivity index (χ4n) is 2.91. The van der Waals surface area contributed by atoms with E-state index in [1.54, 1.807) is 20.0 Å². The number of aromatic nitrogens is 3. The molecule has 0 saturated carbocycles. The SMILES string of the molecule is COC(=O)c1c(C)[nH]c(C(=O)Nc2cccc(Cn3cccn3)c2)c1C. The van der Waals surface area contributed by atoms with Gasteiger partial charge in [0.05, 0.1) is 19.2 Å². The molecule has 7 heteroatoms. The molecule has 2 N–H and O–H groups in total. The van der Waals surface area contributed by atoms with E-state index < -0.39 is 5.97 Å². The summed E-state index contributed by atoms with van der Waals surface area (Å²) in [5.74, 6) is -0.770. The van der Waals surface area contributed by atoms with E-state index in [2.05, 4.69) is 15.4 Å². The number of H-pyrrole nitrogens is 1. The summed E-state index contributed by atoms with van der Waals surface area (Å²) in [5.41, 5.74) is 3.60. The Labute approximate surface area is 151 Å². The van der Waals surface area contributed by atoms with E-state index in [0.29, 0.717) is 34.7 Å². The van der Waals surface area contributed by atoms with Gasteiger partial charge in [-0.05, 0) is 43.2 Å². The summed E-state index contributed by atoms with van der Waals surface area (Å²) in [6.07, 6.45) is 3.60. The van der Waals surface area contributed by atoms with Crippen molar-refractivity contribution < 1.29 is 14.3 Å². The Bertz CT molecular complexity index is 942. The summed E-state index contributed by atoms with van der Waals surface area (Å²) < 4.78 is 6.58. The lowest BCUT2D eigenvalue weighted by atomic mass is 10.1. The highest BCUT2D eigenvalue weighted by molar-refractivity contribution is 6.06. The summed E-state index contributed by atoms with van der Waals surface area (Å²) in [5, 5.41) is 7.04. The number of hydrogen-bond acceptors (Lipinski definition) is 4. The number of esters is 1. The standard InChI is InChI=1S/C19H20N4O3/c1-12-16(19(25)26-3)13(2)21-17(12)18(24)22-15-7-4-6-14(10-15)11-23-9-5-8-20-23/h4-10,21H,11H2,1-3H3,(H,22,24). The molecular weight excluding hydrogens is 332 g/mol. The first-order chi connectivity index (χ1) is 12.5. The van der Waals surface area contributed by atoms with E-state index in [0.717, 1.165) is 5.56 Å². The summed E-state index contributed by atoms with van der Waals surface area (Å²) in [6, 6.07) is 9.42. The highest BCUT2D eigenvalue weighted by Crippen LogP contribution is 2.20. The highest BCUT2D eigenvalue weighted by Gasteiger charge is 2.22. The van der Waals surface area contributed by atoms with Gasteiger partial charge in [-0.25, -0.2) is 4.79 Å². The van der Waals surface area contributed by atoms with Crippen LogP contribution in [-0.4, -0.2) is 33.8 Å². The van der Waals surface area contributed by atoms with Gasteiger partial charge in [-0.3, -0.25) is 9.48 Å². The van der Waals surface area contributed by atoms with Crippen molar-refractivity contribution in [1.29, 1.82) is 0 Å². The molecule has 3 aromatic rings. The van der Waals surface area contributed by atoms with Gasteiger partial charge in [-0.2, -0.15) is 5.10 Å². The Hall–Kier alpha value is -3.35. The van der Waals surface area contributed by atoms with Crippen molar-refractivity contribution in [2.24, 2.45) is 0 Å². The first-order valence-electron chi connectivity index (χ1n) is 8.14. The molecule has 26 heavy (non-hydrogen) atoms. The largest absolute Gasteiger partial charge is 0.465 e. The van der Waals surface area contributed by atoms with Gasteiger partial charge >= 0.3 is 5.97 Å². The van der Waals surface area contributed by atoms with Gasteiger partial charge in [0.15, 0.2) is 0 Å². The van der Waals surface area contributed by atoms with Crippen molar-refractivity contribution in [2.45, 2.75) is 20.4 Å². The maximum absolute atomic E-state index is 12.6. The fraction of sp³-hybridized carbons (Fsp3) is 0.211. The van der Waals surface area contributed by atoms with Crippen molar-refractivity contribution in [3.8, 4) is 0 Å². The third-order valence-electron chi connectivity index (χ3n) is 4.14. The fourth-order valence-corrected chi connectivity index (χ4v) is 2.91. The highest BCUT2D eigenvalue weighted by atomic mass is 16.5. The van der Waals surface area contributed by atoms with Crippen LogP contribution in [0.5, 0.6) is 0 Å².